The zero-order chi connectivity index (χ0) is 22.1. The van der Waals surface area contributed by atoms with E-state index in [1.165, 1.54) is 6.20 Å². The average molecular weight is 425 g/mol. The number of nitrogens with zero attached hydrogens (tertiary/aromatic N) is 5. The van der Waals surface area contributed by atoms with Crippen LogP contribution in [0.1, 0.15) is 29.8 Å². The van der Waals surface area contributed by atoms with Crippen LogP contribution < -0.4 is 15.2 Å². The summed E-state index contributed by atoms with van der Waals surface area (Å²) in [5.74, 6) is -1.19. The third kappa shape index (κ3) is 3.83. The minimum Gasteiger partial charge on any atom is -0.477 e. The second-order valence-corrected chi connectivity index (χ2v) is 7.50. The maximum Gasteiger partial charge on any atom is 0.341 e. The quantitative estimate of drug-likeness (QED) is 0.672. The lowest BCUT2D eigenvalue weighted by Gasteiger charge is -2.36. The average Bonchev–Trinajstić information content (AvgIpc) is 2.79. The van der Waals surface area contributed by atoms with Crippen molar-refractivity contribution >= 4 is 28.5 Å². The molecule has 0 radical (unpaired) electrons. The van der Waals surface area contributed by atoms with Crippen LogP contribution in [0.3, 0.4) is 0 Å². The number of pyridine rings is 1. The van der Waals surface area contributed by atoms with E-state index in [0.29, 0.717) is 49.9 Å². The number of aryl methyl sites for hydroxylation is 2. The van der Waals surface area contributed by atoms with E-state index in [-0.39, 0.29) is 10.9 Å². The number of benzene rings is 1. The molecule has 1 aliphatic heterocycles. The van der Waals surface area contributed by atoms with Gasteiger partial charge in [-0.3, -0.25) is 4.79 Å². The zero-order valence-corrected chi connectivity index (χ0v) is 17.5. The van der Waals surface area contributed by atoms with Gasteiger partial charge < -0.3 is 19.5 Å². The van der Waals surface area contributed by atoms with Crippen molar-refractivity contribution in [3.05, 3.63) is 57.9 Å². The fourth-order valence-electron chi connectivity index (χ4n) is 3.90. The van der Waals surface area contributed by atoms with Crippen LogP contribution in [0, 0.1) is 5.82 Å². The third-order valence-electron chi connectivity index (χ3n) is 5.72. The number of anilines is 2. The number of carboxylic acid groups (broad SMARTS) is 1. The fourth-order valence-corrected chi connectivity index (χ4v) is 3.90. The Morgan fingerprint density at radius 2 is 1.74 bits per heavy atom. The highest BCUT2D eigenvalue weighted by Gasteiger charge is 2.23. The van der Waals surface area contributed by atoms with Crippen molar-refractivity contribution in [3.8, 4) is 0 Å². The first kappa shape index (κ1) is 20.8. The molecule has 1 fully saturated rings. The first-order chi connectivity index (χ1) is 14.9. The van der Waals surface area contributed by atoms with Gasteiger partial charge in [0.25, 0.3) is 0 Å². The van der Waals surface area contributed by atoms with Crippen LogP contribution in [0.25, 0.3) is 10.9 Å². The molecule has 4 rings (SSSR count). The molecule has 31 heavy (non-hydrogen) atoms. The molecular formula is C22H24FN5O3. The maximum absolute atomic E-state index is 15.0. The van der Waals surface area contributed by atoms with E-state index in [2.05, 4.69) is 21.8 Å². The first-order valence-electron chi connectivity index (χ1n) is 10.3. The molecule has 8 nitrogen and oxygen atoms in total. The van der Waals surface area contributed by atoms with Crippen LogP contribution >= 0.6 is 0 Å². The van der Waals surface area contributed by atoms with Crippen LogP contribution in [0.2, 0.25) is 0 Å². The van der Waals surface area contributed by atoms with Crippen molar-refractivity contribution < 1.29 is 14.3 Å². The molecule has 162 valence electrons. The van der Waals surface area contributed by atoms with Gasteiger partial charge in [-0.15, -0.1) is 0 Å². The summed E-state index contributed by atoms with van der Waals surface area (Å²) in [6, 6.07) is 2.80. The molecule has 1 N–H and O–H groups in total. The number of fused-ring (bicyclic) bond motifs is 1. The third-order valence-corrected chi connectivity index (χ3v) is 5.72. The number of hydrogen-bond acceptors (Lipinski definition) is 6. The number of rotatable bonds is 5. The molecule has 3 aromatic rings. The van der Waals surface area contributed by atoms with E-state index < -0.39 is 17.2 Å². The molecule has 3 heterocycles. The SMILES string of the molecule is CCc1cnc(N2CCN(c3cc4c(cc3F)c(=O)c(C(=O)O)cn4CC)CC2)nc1. The van der Waals surface area contributed by atoms with Crippen molar-refractivity contribution in [2.24, 2.45) is 0 Å². The van der Waals surface area contributed by atoms with Gasteiger partial charge in [0.15, 0.2) is 0 Å². The summed E-state index contributed by atoms with van der Waals surface area (Å²) in [7, 11) is 0. The Labute approximate surface area is 178 Å². The molecule has 0 aliphatic carbocycles. The van der Waals surface area contributed by atoms with Gasteiger partial charge in [-0.1, -0.05) is 6.92 Å². The van der Waals surface area contributed by atoms with E-state index in [1.807, 2.05) is 24.2 Å². The van der Waals surface area contributed by atoms with Gasteiger partial charge in [0.1, 0.15) is 11.4 Å². The van der Waals surface area contributed by atoms with E-state index in [4.69, 9.17) is 0 Å². The monoisotopic (exact) mass is 425 g/mol. The number of hydrogen-bond donors (Lipinski definition) is 1. The highest BCUT2D eigenvalue weighted by Crippen LogP contribution is 2.27. The van der Waals surface area contributed by atoms with Crippen molar-refractivity contribution in [1.29, 1.82) is 0 Å². The number of halogens is 1. The van der Waals surface area contributed by atoms with E-state index in [1.54, 1.807) is 10.6 Å². The standard InChI is InChI=1S/C22H24FN5O3/c1-3-14-11-24-22(25-12-14)28-7-5-27(6-8-28)19-10-18-15(9-17(19)23)20(29)16(21(30)31)13-26(18)4-2/h9-13H,3-8H2,1-2H3,(H,30,31). The Morgan fingerprint density at radius 1 is 1.10 bits per heavy atom. The lowest BCUT2D eigenvalue weighted by atomic mass is 10.1. The second kappa shape index (κ2) is 8.33. The van der Waals surface area contributed by atoms with E-state index >= 15 is 0 Å². The molecule has 9 heteroatoms. The predicted octanol–water partition coefficient (Wildman–Crippen LogP) is 2.54. The Morgan fingerprint density at radius 3 is 2.32 bits per heavy atom. The predicted molar refractivity (Wildman–Crippen MR) is 117 cm³/mol. The molecule has 1 aromatic carbocycles. The van der Waals surface area contributed by atoms with Gasteiger partial charge >= 0.3 is 5.97 Å². The van der Waals surface area contributed by atoms with Gasteiger partial charge in [-0.25, -0.2) is 19.2 Å². The molecule has 0 unspecified atom stereocenters. The molecule has 0 amide bonds. The Hall–Kier alpha value is -3.49. The topological polar surface area (TPSA) is 91.6 Å². The maximum atomic E-state index is 15.0. The summed E-state index contributed by atoms with van der Waals surface area (Å²) in [4.78, 5) is 36.8. The zero-order valence-electron chi connectivity index (χ0n) is 17.5. The molecule has 0 atom stereocenters. The Balaban J connectivity index is 1.63. The van der Waals surface area contributed by atoms with Crippen LogP contribution in [-0.4, -0.2) is 51.8 Å². The molecular weight excluding hydrogens is 401 g/mol. The molecule has 2 aromatic heterocycles. The number of carbonyl (C=O) groups is 1. The summed E-state index contributed by atoms with van der Waals surface area (Å²) >= 11 is 0. The second-order valence-electron chi connectivity index (χ2n) is 7.50. The normalized spacial score (nSPS) is 14.3. The largest absolute Gasteiger partial charge is 0.477 e. The minimum absolute atomic E-state index is 0.0750. The lowest BCUT2D eigenvalue weighted by Crippen LogP contribution is -2.47. The Bertz CT molecular complexity index is 1180. The summed E-state index contributed by atoms with van der Waals surface area (Å²) in [5, 5.41) is 9.37. The molecule has 0 bridgehead atoms. The number of aromatic nitrogens is 3. The van der Waals surface area contributed by atoms with Crippen molar-refractivity contribution in [2.75, 3.05) is 36.0 Å². The first-order valence-corrected chi connectivity index (χ1v) is 10.3. The van der Waals surface area contributed by atoms with Crippen molar-refractivity contribution in [2.45, 2.75) is 26.8 Å². The summed E-state index contributed by atoms with van der Waals surface area (Å²) < 4.78 is 16.6. The number of piperazine rings is 1. The van der Waals surface area contributed by atoms with Gasteiger partial charge in [0.2, 0.25) is 11.4 Å². The molecule has 0 saturated carbocycles. The van der Waals surface area contributed by atoms with Gasteiger partial charge in [-0.2, -0.15) is 0 Å². The summed E-state index contributed by atoms with van der Waals surface area (Å²) in [5.41, 5.74) is 0.974. The molecule has 0 spiro atoms. The van der Waals surface area contributed by atoms with E-state index in [0.717, 1.165) is 18.1 Å². The van der Waals surface area contributed by atoms with Crippen molar-refractivity contribution in [3.63, 3.8) is 0 Å². The van der Waals surface area contributed by atoms with Gasteiger partial charge in [0.05, 0.1) is 11.2 Å². The lowest BCUT2D eigenvalue weighted by molar-refractivity contribution is 0.0695. The molecule has 1 saturated heterocycles. The smallest absolute Gasteiger partial charge is 0.341 e. The minimum atomic E-state index is -1.32. The van der Waals surface area contributed by atoms with Crippen molar-refractivity contribution in [1.82, 2.24) is 14.5 Å². The highest BCUT2D eigenvalue weighted by atomic mass is 19.1. The molecule has 1 aliphatic rings. The number of aromatic carboxylic acids is 1. The van der Waals surface area contributed by atoms with Crippen LogP contribution in [0.15, 0.2) is 35.5 Å². The van der Waals surface area contributed by atoms with Gasteiger partial charge in [-0.05, 0) is 31.0 Å². The van der Waals surface area contributed by atoms with Crippen LogP contribution in [-0.2, 0) is 13.0 Å². The van der Waals surface area contributed by atoms with Crippen LogP contribution in [0.5, 0.6) is 0 Å². The Kier molecular flexibility index (Phi) is 5.58. The summed E-state index contributed by atoms with van der Waals surface area (Å²) in [6.07, 6.45) is 5.86. The van der Waals surface area contributed by atoms with Gasteiger partial charge in [0, 0.05) is 56.7 Å². The fraction of sp³-hybridized carbons (Fsp3) is 0.364. The number of carboxylic acids is 1. The van der Waals surface area contributed by atoms with E-state index in [9.17, 15) is 19.1 Å². The van der Waals surface area contributed by atoms with Crippen LogP contribution in [0.4, 0.5) is 16.0 Å². The summed E-state index contributed by atoms with van der Waals surface area (Å²) in [6.45, 7) is 6.79. The highest BCUT2D eigenvalue weighted by molar-refractivity contribution is 5.93.